The number of fused-ring (bicyclic) bond motifs is 1. The number of nitriles is 1. The first-order valence-electron chi connectivity index (χ1n) is 7.55. The van der Waals surface area contributed by atoms with Gasteiger partial charge in [0.2, 0.25) is 11.8 Å². The lowest BCUT2D eigenvalue weighted by Crippen LogP contribution is -2.31. The maximum Gasteiger partial charge on any atom is 0.257 e. The van der Waals surface area contributed by atoms with Gasteiger partial charge in [-0.05, 0) is 24.3 Å². The Kier molecular flexibility index (Phi) is 3.75. The third kappa shape index (κ3) is 2.66. The number of hydrogen-bond donors (Lipinski definition) is 0. The number of anilines is 1. The molecule has 0 radical (unpaired) electrons. The number of rotatable bonds is 3. The number of carbonyl (C=O) groups is 2. The number of nitrogens with zero attached hydrogens (tertiary/aromatic N) is 3. The molecule has 1 atom stereocenters. The van der Waals surface area contributed by atoms with E-state index >= 15 is 0 Å². The van der Waals surface area contributed by atoms with Crippen molar-refractivity contribution >= 4 is 40.4 Å². The number of aromatic nitrogens is 1. The minimum absolute atomic E-state index is 0.0436. The molecule has 0 aliphatic carbocycles. The molecule has 3 aromatic rings. The van der Waals surface area contributed by atoms with Crippen molar-refractivity contribution in [3.8, 4) is 6.07 Å². The third-order valence-electron chi connectivity index (χ3n) is 3.89. The molecular formula is C18H11N3O3S. The first-order chi connectivity index (χ1) is 12.2. The van der Waals surface area contributed by atoms with Crippen LogP contribution in [0, 0.1) is 11.3 Å². The second-order valence-corrected chi connectivity index (χ2v) is 6.61. The number of amides is 2. The van der Waals surface area contributed by atoms with E-state index in [1.54, 1.807) is 30.3 Å². The van der Waals surface area contributed by atoms with E-state index < -0.39 is 5.25 Å². The molecule has 2 amide bonds. The van der Waals surface area contributed by atoms with Crippen LogP contribution in [-0.2, 0) is 9.59 Å². The molecule has 2 aromatic carbocycles. The Morgan fingerprint density at radius 2 is 1.92 bits per heavy atom. The predicted molar refractivity (Wildman–Crippen MR) is 91.9 cm³/mol. The van der Waals surface area contributed by atoms with E-state index in [9.17, 15) is 14.9 Å². The molecule has 122 valence electrons. The fourth-order valence-corrected chi connectivity index (χ4v) is 3.70. The van der Waals surface area contributed by atoms with Crippen LogP contribution in [0.3, 0.4) is 0 Å². The Hall–Kier alpha value is -3.11. The summed E-state index contributed by atoms with van der Waals surface area (Å²) in [6.45, 7) is 0. The number of carbonyl (C=O) groups excluding carboxylic acids is 2. The summed E-state index contributed by atoms with van der Waals surface area (Å²) in [6, 6.07) is 15.9. The summed E-state index contributed by atoms with van der Waals surface area (Å²) in [6.07, 6.45) is 0.0436. The van der Waals surface area contributed by atoms with Crippen molar-refractivity contribution in [1.29, 1.82) is 5.26 Å². The summed E-state index contributed by atoms with van der Waals surface area (Å²) >= 11 is 1.13. The van der Waals surface area contributed by atoms with Crippen LogP contribution in [-0.4, -0.2) is 22.0 Å². The van der Waals surface area contributed by atoms with Gasteiger partial charge in [-0.1, -0.05) is 36.0 Å². The van der Waals surface area contributed by atoms with Crippen LogP contribution in [0.15, 0.2) is 58.2 Å². The Morgan fingerprint density at radius 3 is 2.72 bits per heavy atom. The first-order valence-corrected chi connectivity index (χ1v) is 8.43. The SMILES string of the molecule is N#Cc1ccccc1N1C(=O)CC(Sc2nc3ccccc3o2)C1=O. The van der Waals surface area contributed by atoms with Crippen molar-refractivity contribution in [2.45, 2.75) is 16.9 Å². The molecule has 0 spiro atoms. The van der Waals surface area contributed by atoms with Crippen LogP contribution < -0.4 is 4.90 Å². The molecule has 1 aromatic heterocycles. The van der Waals surface area contributed by atoms with Crippen LogP contribution in [0.5, 0.6) is 0 Å². The number of imide groups is 1. The maximum atomic E-state index is 12.7. The highest BCUT2D eigenvalue weighted by molar-refractivity contribution is 8.00. The molecule has 25 heavy (non-hydrogen) atoms. The molecule has 1 saturated heterocycles. The predicted octanol–water partition coefficient (Wildman–Crippen LogP) is 3.12. The van der Waals surface area contributed by atoms with E-state index in [0.29, 0.717) is 22.0 Å². The fraction of sp³-hybridized carbons (Fsp3) is 0.111. The van der Waals surface area contributed by atoms with Gasteiger partial charge in [-0.25, -0.2) is 9.88 Å². The van der Waals surface area contributed by atoms with Crippen molar-refractivity contribution in [2.75, 3.05) is 4.90 Å². The van der Waals surface area contributed by atoms with E-state index in [2.05, 4.69) is 4.98 Å². The fourth-order valence-electron chi connectivity index (χ4n) is 2.74. The monoisotopic (exact) mass is 349 g/mol. The van der Waals surface area contributed by atoms with Crippen molar-refractivity contribution < 1.29 is 14.0 Å². The minimum atomic E-state index is -0.618. The highest BCUT2D eigenvalue weighted by atomic mass is 32.2. The molecule has 0 N–H and O–H groups in total. The Balaban J connectivity index is 1.62. The zero-order valence-electron chi connectivity index (χ0n) is 12.9. The smallest absolute Gasteiger partial charge is 0.257 e. The van der Waals surface area contributed by atoms with Gasteiger partial charge in [0.05, 0.1) is 11.3 Å². The molecule has 1 fully saturated rings. The summed E-state index contributed by atoms with van der Waals surface area (Å²) in [7, 11) is 0. The first kappa shape index (κ1) is 15.4. The molecule has 6 nitrogen and oxygen atoms in total. The van der Waals surface area contributed by atoms with Crippen LogP contribution in [0.4, 0.5) is 5.69 Å². The molecule has 1 unspecified atom stereocenters. The molecule has 0 saturated carbocycles. The average molecular weight is 349 g/mol. The molecule has 0 bridgehead atoms. The molecule has 4 rings (SSSR count). The van der Waals surface area contributed by atoms with E-state index in [1.165, 1.54) is 0 Å². The van der Waals surface area contributed by atoms with Crippen molar-refractivity contribution in [1.82, 2.24) is 4.98 Å². The number of oxazole rings is 1. The minimum Gasteiger partial charge on any atom is -0.431 e. The van der Waals surface area contributed by atoms with Gasteiger partial charge < -0.3 is 4.42 Å². The summed E-state index contributed by atoms with van der Waals surface area (Å²) < 4.78 is 5.62. The lowest BCUT2D eigenvalue weighted by atomic mass is 10.2. The van der Waals surface area contributed by atoms with Crippen LogP contribution >= 0.6 is 11.8 Å². The van der Waals surface area contributed by atoms with E-state index in [1.807, 2.05) is 24.3 Å². The van der Waals surface area contributed by atoms with Gasteiger partial charge in [0.15, 0.2) is 5.58 Å². The Bertz CT molecular complexity index is 1000. The van der Waals surface area contributed by atoms with E-state index in [0.717, 1.165) is 16.7 Å². The normalized spacial score (nSPS) is 17.2. The second-order valence-electron chi connectivity index (χ2n) is 5.45. The van der Waals surface area contributed by atoms with Gasteiger partial charge in [0.25, 0.3) is 5.22 Å². The summed E-state index contributed by atoms with van der Waals surface area (Å²) in [5.74, 6) is -0.693. The van der Waals surface area contributed by atoms with Gasteiger partial charge >= 0.3 is 0 Å². The largest absolute Gasteiger partial charge is 0.431 e. The van der Waals surface area contributed by atoms with Crippen LogP contribution in [0.2, 0.25) is 0 Å². The van der Waals surface area contributed by atoms with E-state index in [4.69, 9.17) is 4.42 Å². The van der Waals surface area contributed by atoms with Gasteiger partial charge in [0.1, 0.15) is 16.8 Å². The lowest BCUT2D eigenvalue weighted by molar-refractivity contribution is -0.121. The van der Waals surface area contributed by atoms with Crippen molar-refractivity contribution in [3.05, 3.63) is 54.1 Å². The summed E-state index contributed by atoms with van der Waals surface area (Å²) in [5, 5.41) is 8.94. The summed E-state index contributed by atoms with van der Waals surface area (Å²) in [4.78, 5) is 30.5. The van der Waals surface area contributed by atoms with Gasteiger partial charge in [-0.2, -0.15) is 5.26 Å². The quantitative estimate of drug-likeness (QED) is 0.675. The molecule has 2 heterocycles. The average Bonchev–Trinajstić information content (AvgIpc) is 3.15. The highest BCUT2D eigenvalue weighted by Gasteiger charge is 2.41. The zero-order chi connectivity index (χ0) is 17.4. The van der Waals surface area contributed by atoms with Crippen LogP contribution in [0.25, 0.3) is 11.1 Å². The van der Waals surface area contributed by atoms with Crippen molar-refractivity contribution in [2.24, 2.45) is 0 Å². The number of hydrogen-bond acceptors (Lipinski definition) is 6. The zero-order valence-corrected chi connectivity index (χ0v) is 13.7. The molecule has 1 aliphatic rings. The Labute approximate surface area is 147 Å². The lowest BCUT2D eigenvalue weighted by Gasteiger charge is -2.15. The van der Waals surface area contributed by atoms with Crippen LogP contribution in [0.1, 0.15) is 12.0 Å². The molecule has 1 aliphatic heterocycles. The number of benzene rings is 2. The topological polar surface area (TPSA) is 87.2 Å². The third-order valence-corrected chi connectivity index (χ3v) is 4.92. The van der Waals surface area contributed by atoms with Gasteiger partial charge in [0, 0.05) is 6.42 Å². The maximum absolute atomic E-state index is 12.7. The van der Waals surface area contributed by atoms with Crippen molar-refractivity contribution in [3.63, 3.8) is 0 Å². The van der Waals surface area contributed by atoms with Gasteiger partial charge in [-0.15, -0.1) is 0 Å². The standard InChI is InChI=1S/C18H11N3O3S/c19-10-11-5-1-3-7-13(11)21-16(22)9-15(17(21)23)25-18-20-12-6-2-4-8-14(12)24-18/h1-8,15H,9H2. The molecular weight excluding hydrogens is 338 g/mol. The Morgan fingerprint density at radius 1 is 1.16 bits per heavy atom. The van der Waals surface area contributed by atoms with Gasteiger partial charge in [-0.3, -0.25) is 9.59 Å². The van der Waals surface area contributed by atoms with E-state index in [-0.39, 0.29) is 23.8 Å². The number of thioether (sulfide) groups is 1. The second kappa shape index (κ2) is 6.07. The summed E-state index contributed by atoms with van der Waals surface area (Å²) in [5.41, 5.74) is 1.94. The highest BCUT2D eigenvalue weighted by Crippen LogP contribution is 2.35. The molecule has 7 heteroatoms. The number of para-hydroxylation sites is 3.